The summed E-state index contributed by atoms with van der Waals surface area (Å²) < 4.78 is 38.2. The highest BCUT2D eigenvalue weighted by Crippen LogP contribution is 2.30. The molecule has 6 nitrogen and oxygen atoms in total. The zero-order chi connectivity index (χ0) is 21.0. The van der Waals surface area contributed by atoms with Crippen molar-refractivity contribution in [3.63, 3.8) is 0 Å². The number of alkyl halides is 3. The minimum absolute atomic E-state index is 0.185. The Labute approximate surface area is 163 Å². The number of rotatable bonds is 5. The van der Waals surface area contributed by atoms with Crippen molar-refractivity contribution in [3.05, 3.63) is 76.2 Å². The summed E-state index contributed by atoms with van der Waals surface area (Å²) in [6, 6.07) is 12.7. The van der Waals surface area contributed by atoms with E-state index in [9.17, 15) is 22.8 Å². The zero-order valence-electron chi connectivity index (χ0n) is 15.3. The lowest BCUT2D eigenvalue weighted by atomic mass is 10.2. The average Bonchev–Trinajstić information content (AvgIpc) is 2.65. The van der Waals surface area contributed by atoms with Gasteiger partial charge >= 0.3 is 6.18 Å². The Balaban J connectivity index is 1.66. The molecule has 3 aromatic rings. The van der Waals surface area contributed by atoms with Crippen LogP contribution in [0.4, 0.5) is 24.5 Å². The number of hydrogen-bond donors (Lipinski definition) is 3. The summed E-state index contributed by atoms with van der Waals surface area (Å²) in [5.41, 5.74) is 0.730. The van der Waals surface area contributed by atoms with Gasteiger partial charge in [-0.2, -0.15) is 13.2 Å². The summed E-state index contributed by atoms with van der Waals surface area (Å²) in [7, 11) is 0. The second-order valence-electron chi connectivity index (χ2n) is 6.30. The fraction of sp³-hybridized carbons (Fsp3) is 0.150. The third kappa shape index (κ3) is 5.44. The molecule has 3 N–H and O–H groups in total. The maximum atomic E-state index is 12.7. The molecule has 0 bridgehead atoms. The van der Waals surface area contributed by atoms with Crippen molar-refractivity contribution in [1.29, 1.82) is 0 Å². The van der Waals surface area contributed by atoms with E-state index < -0.39 is 17.6 Å². The van der Waals surface area contributed by atoms with Crippen molar-refractivity contribution < 1.29 is 18.0 Å². The number of nitrogens with one attached hydrogen (secondary N) is 3. The molecule has 1 amide bonds. The van der Waals surface area contributed by atoms with E-state index in [1.165, 1.54) is 18.2 Å². The van der Waals surface area contributed by atoms with E-state index in [0.29, 0.717) is 22.8 Å². The van der Waals surface area contributed by atoms with Gasteiger partial charge in [-0.05, 0) is 37.3 Å². The van der Waals surface area contributed by atoms with Gasteiger partial charge in [0.1, 0.15) is 5.82 Å². The monoisotopic (exact) mass is 402 g/mol. The van der Waals surface area contributed by atoms with Gasteiger partial charge in [-0.1, -0.05) is 18.2 Å². The zero-order valence-corrected chi connectivity index (χ0v) is 15.3. The lowest BCUT2D eigenvalue weighted by Gasteiger charge is -2.11. The smallest absolute Gasteiger partial charge is 0.376 e. The minimum atomic E-state index is -4.45. The molecule has 0 aliphatic carbocycles. The largest absolute Gasteiger partial charge is 0.416 e. The van der Waals surface area contributed by atoms with Crippen LogP contribution in [0, 0.1) is 6.92 Å². The van der Waals surface area contributed by atoms with E-state index in [2.05, 4.69) is 20.6 Å². The molecular weight excluding hydrogens is 385 g/mol. The molecule has 0 radical (unpaired) electrons. The van der Waals surface area contributed by atoms with E-state index in [1.54, 1.807) is 31.2 Å². The molecule has 0 saturated heterocycles. The molecule has 9 heteroatoms. The minimum Gasteiger partial charge on any atom is -0.376 e. The van der Waals surface area contributed by atoms with Crippen molar-refractivity contribution in [2.75, 3.05) is 17.2 Å². The van der Waals surface area contributed by atoms with Crippen LogP contribution in [-0.2, 0) is 11.0 Å². The Morgan fingerprint density at radius 1 is 1.07 bits per heavy atom. The van der Waals surface area contributed by atoms with Crippen LogP contribution in [-0.4, -0.2) is 22.4 Å². The highest BCUT2D eigenvalue weighted by atomic mass is 19.4. The van der Waals surface area contributed by atoms with Crippen LogP contribution in [0.1, 0.15) is 11.3 Å². The average molecular weight is 402 g/mol. The lowest BCUT2D eigenvalue weighted by Crippen LogP contribution is -2.22. The summed E-state index contributed by atoms with van der Waals surface area (Å²) in [5.74, 6) is -0.0709. The molecular formula is C20H17F3N4O2. The first-order valence-corrected chi connectivity index (χ1v) is 8.60. The molecule has 1 aromatic heterocycles. The van der Waals surface area contributed by atoms with Gasteiger partial charge in [0.2, 0.25) is 5.91 Å². The van der Waals surface area contributed by atoms with Crippen LogP contribution in [0.2, 0.25) is 0 Å². The van der Waals surface area contributed by atoms with Crippen LogP contribution in [0.25, 0.3) is 11.4 Å². The predicted octanol–water partition coefficient (Wildman–Crippen LogP) is 3.81. The first-order valence-electron chi connectivity index (χ1n) is 8.60. The van der Waals surface area contributed by atoms with Gasteiger partial charge < -0.3 is 15.6 Å². The fourth-order valence-electron chi connectivity index (χ4n) is 2.65. The number of aryl methyl sites for hydroxylation is 1. The molecule has 0 aliphatic heterocycles. The number of benzene rings is 2. The van der Waals surface area contributed by atoms with Gasteiger partial charge in [0, 0.05) is 28.7 Å². The van der Waals surface area contributed by atoms with Gasteiger partial charge in [-0.15, -0.1) is 0 Å². The molecule has 0 fully saturated rings. The SMILES string of the molecule is Cc1cc(=O)[nH]c(-c2cccc(NC(=O)CNc3cccc(C(F)(F)F)c3)c2)n1. The van der Waals surface area contributed by atoms with Gasteiger partial charge in [0.05, 0.1) is 12.1 Å². The topological polar surface area (TPSA) is 86.9 Å². The molecule has 0 saturated carbocycles. The Bertz CT molecular complexity index is 1090. The highest BCUT2D eigenvalue weighted by Gasteiger charge is 2.30. The van der Waals surface area contributed by atoms with Crippen molar-refractivity contribution in [3.8, 4) is 11.4 Å². The van der Waals surface area contributed by atoms with Gasteiger partial charge in [0.15, 0.2) is 0 Å². The summed E-state index contributed by atoms with van der Waals surface area (Å²) in [4.78, 5) is 30.6. The molecule has 3 rings (SSSR count). The van der Waals surface area contributed by atoms with E-state index in [0.717, 1.165) is 12.1 Å². The number of H-pyrrole nitrogens is 1. The number of aromatic nitrogens is 2. The first-order chi connectivity index (χ1) is 13.7. The Morgan fingerprint density at radius 3 is 2.52 bits per heavy atom. The Morgan fingerprint density at radius 2 is 1.79 bits per heavy atom. The van der Waals surface area contributed by atoms with Crippen molar-refractivity contribution in [2.45, 2.75) is 13.1 Å². The number of carbonyl (C=O) groups excluding carboxylic acids is 1. The van der Waals surface area contributed by atoms with Crippen LogP contribution in [0.15, 0.2) is 59.4 Å². The summed E-state index contributed by atoms with van der Waals surface area (Å²) in [6.07, 6.45) is -4.45. The predicted molar refractivity (Wildman–Crippen MR) is 104 cm³/mol. The van der Waals surface area contributed by atoms with Crippen molar-refractivity contribution in [1.82, 2.24) is 9.97 Å². The van der Waals surface area contributed by atoms with Crippen LogP contribution < -0.4 is 16.2 Å². The Hall–Kier alpha value is -3.62. The normalized spacial score (nSPS) is 11.2. The first kappa shape index (κ1) is 20.1. The maximum Gasteiger partial charge on any atom is 0.416 e. The highest BCUT2D eigenvalue weighted by molar-refractivity contribution is 5.94. The van der Waals surface area contributed by atoms with E-state index in [-0.39, 0.29) is 17.8 Å². The number of nitrogens with zero attached hydrogens (tertiary/aromatic N) is 1. The Kier molecular flexibility index (Phi) is 5.67. The molecule has 1 heterocycles. The molecule has 0 aliphatic rings. The van der Waals surface area contributed by atoms with Gasteiger partial charge in [0.25, 0.3) is 5.56 Å². The number of hydrogen-bond acceptors (Lipinski definition) is 4. The quantitative estimate of drug-likeness (QED) is 0.606. The number of anilines is 2. The van der Waals surface area contributed by atoms with Crippen LogP contribution >= 0.6 is 0 Å². The number of halogens is 3. The number of carbonyl (C=O) groups is 1. The number of aromatic amines is 1. The molecule has 2 aromatic carbocycles. The molecule has 150 valence electrons. The summed E-state index contributed by atoms with van der Waals surface area (Å²) in [6.45, 7) is 1.48. The molecule has 0 unspecified atom stereocenters. The van der Waals surface area contributed by atoms with E-state index in [4.69, 9.17) is 0 Å². The third-order valence-corrected chi connectivity index (χ3v) is 3.93. The van der Waals surface area contributed by atoms with Gasteiger partial charge in [-0.25, -0.2) is 4.98 Å². The summed E-state index contributed by atoms with van der Waals surface area (Å²) >= 11 is 0. The molecule has 0 atom stereocenters. The van der Waals surface area contributed by atoms with Gasteiger partial charge in [-0.3, -0.25) is 9.59 Å². The third-order valence-electron chi connectivity index (χ3n) is 3.93. The van der Waals surface area contributed by atoms with E-state index >= 15 is 0 Å². The van der Waals surface area contributed by atoms with E-state index in [1.807, 2.05) is 0 Å². The second kappa shape index (κ2) is 8.17. The second-order valence-corrected chi connectivity index (χ2v) is 6.30. The van der Waals surface area contributed by atoms with Crippen LogP contribution in [0.5, 0.6) is 0 Å². The summed E-state index contributed by atoms with van der Waals surface area (Å²) in [5, 5.41) is 5.32. The van der Waals surface area contributed by atoms with Crippen LogP contribution in [0.3, 0.4) is 0 Å². The maximum absolute atomic E-state index is 12.7. The standard InChI is InChI=1S/C20H17F3N4O2/c1-12-8-17(28)27-19(25-12)13-4-2-7-16(9-13)26-18(29)11-24-15-6-3-5-14(10-15)20(21,22)23/h2-10,24H,11H2,1H3,(H,26,29)(H,25,27,28). The lowest BCUT2D eigenvalue weighted by molar-refractivity contribution is -0.137. The fourth-order valence-corrected chi connectivity index (χ4v) is 2.65. The number of amides is 1. The van der Waals surface area contributed by atoms with Crippen molar-refractivity contribution >= 4 is 17.3 Å². The van der Waals surface area contributed by atoms with Crippen molar-refractivity contribution in [2.24, 2.45) is 0 Å². The molecule has 29 heavy (non-hydrogen) atoms. The molecule has 0 spiro atoms.